The zero-order valence-corrected chi connectivity index (χ0v) is 11.3. The van der Waals surface area contributed by atoms with E-state index in [1.807, 2.05) is 11.8 Å². The molecule has 0 bridgehead atoms. The minimum Gasteiger partial charge on any atom is -0.342 e. The van der Waals surface area contributed by atoms with Gasteiger partial charge in [0, 0.05) is 19.1 Å². The molecular formula is C15H21FN2O. The Morgan fingerprint density at radius 3 is 2.74 bits per heavy atom. The topological polar surface area (TPSA) is 46.3 Å². The van der Waals surface area contributed by atoms with E-state index in [9.17, 15) is 9.18 Å². The molecule has 1 fully saturated rings. The second-order valence-electron chi connectivity index (χ2n) is 5.38. The van der Waals surface area contributed by atoms with Gasteiger partial charge in [0.05, 0.1) is 6.42 Å². The van der Waals surface area contributed by atoms with Gasteiger partial charge in [-0.25, -0.2) is 4.39 Å². The summed E-state index contributed by atoms with van der Waals surface area (Å²) in [6.45, 7) is 3.55. The van der Waals surface area contributed by atoms with E-state index in [0.717, 1.165) is 31.5 Å². The number of hydrogen-bond acceptors (Lipinski definition) is 2. The van der Waals surface area contributed by atoms with Gasteiger partial charge < -0.3 is 10.6 Å². The minimum atomic E-state index is -0.291. The molecule has 0 spiro atoms. The number of halogens is 1. The molecule has 0 aliphatic carbocycles. The Hall–Kier alpha value is -1.42. The van der Waals surface area contributed by atoms with Crippen molar-refractivity contribution in [3.63, 3.8) is 0 Å². The van der Waals surface area contributed by atoms with E-state index >= 15 is 0 Å². The Bertz CT molecular complexity index is 440. The summed E-state index contributed by atoms with van der Waals surface area (Å²) < 4.78 is 13.1. The standard InChI is InChI=1S/C15H21FN2O/c1-11(17)13-5-7-18(8-6-13)15(19)10-12-3-2-4-14(16)9-12/h2-4,9,11,13H,5-8,10,17H2,1H3. The van der Waals surface area contributed by atoms with Crippen molar-refractivity contribution in [2.75, 3.05) is 13.1 Å². The molecular weight excluding hydrogens is 243 g/mol. The van der Waals surface area contributed by atoms with E-state index in [0.29, 0.717) is 5.92 Å². The fourth-order valence-electron chi connectivity index (χ4n) is 2.61. The maximum Gasteiger partial charge on any atom is 0.226 e. The minimum absolute atomic E-state index is 0.0775. The Balaban J connectivity index is 1.88. The summed E-state index contributed by atoms with van der Waals surface area (Å²) in [7, 11) is 0. The van der Waals surface area contributed by atoms with Crippen molar-refractivity contribution < 1.29 is 9.18 Å². The number of carbonyl (C=O) groups is 1. The molecule has 1 saturated heterocycles. The SMILES string of the molecule is CC(N)C1CCN(C(=O)Cc2cccc(F)c2)CC1. The number of rotatable bonds is 3. The van der Waals surface area contributed by atoms with Gasteiger partial charge in [0.15, 0.2) is 0 Å². The van der Waals surface area contributed by atoms with Crippen LogP contribution in [0.25, 0.3) is 0 Å². The third-order valence-corrected chi connectivity index (χ3v) is 3.88. The lowest BCUT2D eigenvalue weighted by Crippen LogP contribution is -2.43. The van der Waals surface area contributed by atoms with Crippen LogP contribution in [0.4, 0.5) is 4.39 Å². The van der Waals surface area contributed by atoms with Crippen molar-refractivity contribution in [3.8, 4) is 0 Å². The molecule has 1 amide bonds. The van der Waals surface area contributed by atoms with Gasteiger partial charge in [-0.15, -0.1) is 0 Å². The first-order chi connectivity index (χ1) is 9.06. The van der Waals surface area contributed by atoms with Crippen LogP contribution in [0, 0.1) is 11.7 Å². The van der Waals surface area contributed by atoms with Gasteiger partial charge in [0.25, 0.3) is 0 Å². The van der Waals surface area contributed by atoms with Crippen molar-refractivity contribution in [3.05, 3.63) is 35.6 Å². The lowest BCUT2D eigenvalue weighted by molar-refractivity contribution is -0.131. The second-order valence-corrected chi connectivity index (χ2v) is 5.38. The summed E-state index contributed by atoms with van der Waals surface area (Å²) in [5.74, 6) is 0.299. The molecule has 2 rings (SSSR count). The normalized spacial score (nSPS) is 18.4. The van der Waals surface area contributed by atoms with Crippen LogP contribution >= 0.6 is 0 Å². The number of nitrogens with zero attached hydrogens (tertiary/aromatic N) is 1. The second kappa shape index (κ2) is 6.15. The van der Waals surface area contributed by atoms with Crippen LogP contribution in [-0.2, 0) is 11.2 Å². The summed E-state index contributed by atoms with van der Waals surface area (Å²) in [4.78, 5) is 14.0. The molecule has 0 radical (unpaired) electrons. The highest BCUT2D eigenvalue weighted by Crippen LogP contribution is 2.20. The van der Waals surface area contributed by atoms with Gasteiger partial charge in [-0.1, -0.05) is 12.1 Å². The third kappa shape index (κ3) is 3.77. The molecule has 4 heteroatoms. The summed E-state index contributed by atoms with van der Waals surface area (Å²) >= 11 is 0. The van der Waals surface area contributed by atoms with Gasteiger partial charge >= 0.3 is 0 Å². The highest BCUT2D eigenvalue weighted by atomic mass is 19.1. The molecule has 104 valence electrons. The van der Waals surface area contributed by atoms with Crippen LogP contribution in [-0.4, -0.2) is 29.9 Å². The van der Waals surface area contributed by atoms with E-state index in [2.05, 4.69) is 0 Å². The van der Waals surface area contributed by atoms with Gasteiger partial charge in [-0.2, -0.15) is 0 Å². The fraction of sp³-hybridized carbons (Fsp3) is 0.533. The highest BCUT2D eigenvalue weighted by Gasteiger charge is 2.24. The first-order valence-electron chi connectivity index (χ1n) is 6.84. The van der Waals surface area contributed by atoms with Crippen LogP contribution in [0.2, 0.25) is 0 Å². The lowest BCUT2D eigenvalue weighted by Gasteiger charge is -2.33. The number of carbonyl (C=O) groups excluding carboxylic acids is 1. The van der Waals surface area contributed by atoms with Crippen molar-refractivity contribution in [1.29, 1.82) is 0 Å². The Labute approximate surface area is 113 Å². The van der Waals surface area contributed by atoms with Crippen LogP contribution in [0.3, 0.4) is 0 Å². The Morgan fingerprint density at radius 1 is 1.47 bits per heavy atom. The zero-order valence-electron chi connectivity index (χ0n) is 11.3. The first-order valence-corrected chi connectivity index (χ1v) is 6.84. The first kappa shape index (κ1) is 14.0. The maximum atomic E-state index is 13.1. The summed E-state index contributed by atoms with van der Waals surface area (Å²) in [5, 5.41) is 0. The molecule has 0 saturated carbocycles. The molecule has 2 N–H and O–H groups in total. The molecule has 1 atom stereocenters. The van der Waals surface area contributed by atoms with Crippen molar-refractivity contribution >= 4 is 5.91 Å². The molecule has 19 heavy (non-hydrogen) atoms. The van der Waals surface area contributed by atoms with Crippen molar-refractivity contribution in [2.24, 2.45) is 11.7 Å². The predicted octanol–water partition coefficient (Wildman–Crippen LogP) is 1.95. The highest BCUT2D eigenvalue weighted by molar-refractivity contribution is 5.78. The molecule has 1 aromatic rings. The van der Waals surface area contributed by atoms with Gasteiger partial charge in [0.2, 0.25) is 5.91 Å². The van der Waals surface area contributed by atoms with Gasteiger partial charge in [0.1, 0.15) is 5.82 Å². The van der Waals surface area contributed by atoms with E-state index < -0.39 is 0 Å². The number of likely N-dealkylation sites (tertiary alicyclic amines) is 1. The molecule has 3 nitrogen and oxygen atoms in total. The quantitative estimate of drug-likeness (QED) is 0.907. The monoisotopic (exact) mass is 264 g/mol. The van der Waals surface area contributed by atoms with Crippen LogP contribution in [0.5, 0.6) is 0 Å². The smallest absolute Gasteiger partial charge is 0.226 e. The fourth-order valence-corrected chi connectivity index (χ4v) is 2.61. The molecule has 1 aliphatic heterocycles. The number of nitrogens with two attached hydrogens (primary N) is 1. The number of piperidine rings is 1. The molecule has 0 aromatic heterocycles. The van der Waals surface area contributed by atoms with Gasteiger partial charge in [-0.05, 0) is 43.4 Å². The van der Waals surface area contributed by atoms with Crippen molar-refractivity contribution in [1.82, 2.24) is 4.90 Å². The molecule has 1 unspecified atom stereocenters. The largest absolute Gasteiger partial charge is 0.342 e. The van der Waals surface area contributed by atoms with Crippen LogP contribution < -0.4 is 5.73 Å². The number of hydrogen-bond donors (Lipinski definition) is 1. The maximum absolute atomic E-state index is 13.1. The number of benzene rings is 1. The summed E-state index contributed by atoms with van der Waals surface area (Å²) in [5.41, 5.74) is 6.62. The number of amides is 1. The predicted molar refractivity (Wildman–Crippen MR) is 73.1 cm³/mol. The van der Waals surface area contributed by atoms with Crippen LogP contribution in [0.1, 0.15) is 25.3 Å². The van der Waals surface area contributed by atoms with E-state index in [1.54, 1.807) is 12.1 Å². The van der Waals surface area contributed by atoms with Crippen molar-refractivity contribution in [2.45, 2.75) is 32.2 Å². The average Bonchev–Trinajstić information content (AvgIpc) is 2.39. The van der Waals surface area contributed by atoms with Crippen LogP contribution in [0.15, 0.2) is 24.3 Å². The van der Waals surface area contributed by atoms with Gasteiger partial charge in [-0.3, -0.25) is 4.79 Å². The van der Waals surface area contributed by atoms with E-state index in [4.69, 9.17) is 5.73 Å². The molecule has 1 aliphatic rings. The molecule has 1 aromatic carbocycles. The van der Waals surface area contributed by atoms with E-state index in [1.165, 1.54) is 12.1 Å². The summed E-state index contributed by atoms with van der Waals surface area (Å²) in [6.07, 6.45) is 2.21. The average molecular weight is 264 g/mol. The Morgan fingerprint density at radius 2 is 2.16 bits per heavy atom. The third-order valence-electron chi connectivity index (χ3n) is 3.88. The Kier molecular flexibility index (Phi) is 4.53. The van der Waals surface area contributed by atoms with E-state index in [-0.39, 0.29) is 24.2 Å². The summed E-state index contributed by atoms with van der Waals surface area (Å²) in [6, 6.07) is 6.44. The molecule has 1 heterocycles. The lowest BCUT2D eigenvalue weighted by atomic mass is 9.91. The zero-order chi connectivity index (χ0) is 13.8.